The van der Waals surface area contributed by atoms with Crippen LogP contribution in [0.25, 0.3) is 0 Å². The number of sulfone groups is 1. The molecule has 0 spiro atoms. The molecule has 27 heavy (non-hydrogen) atoms. The first-order chi connectivity index (χ1) is 12.8. The number of hydrogen-bond acceptors (Lipinski definition) is 7. The van der Waals surface area contributed by atoms with Crippen LogP contribution in [0.15, 0.2) is 46.3 Å². The molecule has 2 aromatic rings. The number of carbonyl (C=O) groups excluding carboxylic acids is 2. The fraction of sp³-hybridized carbons (Fsp3) is 0.278. The summed E-state index contributed by atoms with van der Waals surface area (Å²) in [5.74, 6) is -1.17. The zero-order valence-corrected chi connectivity index (χ0v) is 15.6. The predicted molar refractivity (Wildman–Crippen MR) is 96.9 cm³/mol. The third kappa shape index (κ3) is 4.08. The molecule has 0 bridgehead atoms. The lowest BCUT2D eigenvalue weighted by Crippen LogP contribution is -2.43. The Morgan fingerprint density at radius 3 is 2.52 bits per heavy atom. The van der Waals surface area contributed by atoms with Crippen molar-refractivity contribution in [3.05, 3.63) is 58.8 Å². The zero-order valence-electron chi connectivity index (χ0n) is 14.8. The number of rotatable bonds is 5. The van der Waals surface area contributed by atoms with Gasteiger partial charge >= 0.3 is 5.97 Å². The topological polar surface area (TPSA) is 107 Å². The molecule has 1 aromatic carbocycles. The van der Waals surface area contributed by atoms with Crippen molar-refractivity contribution in [2.75, 3.05) is 17.3 Å². The Labute approximate surface area is 156 Å². The maximum atomic E-state index is 12.8. The number of hydrogen-bond donors (Lipinski definition) is 0. The van der Waals surface area contributed by atoms with Crippen LogP contribution in [-0.2, 0) is 19.4 Å². The van der Waals surface area contributed by atoms with E-state index in [0.717, 1.165) is 5.41 Å². The number of anilines is 1. The van der Waals surface area contributed by atoms with Gasteiger partial charge in [0.05, 0.1) is 17.5 Å². The van der Waals surface area contributed by atoms with Crippen LogP contribution in [-0.4, -0.2) is 43.9 Å². The van der Waals surface area contributed by atoms with Gasteiger partial charge in [-0.3, -0.25) is 4.79 Å². The van der Waals surface area contributed by atoms with Crippen LogP contribution >= 0.6 is 0 Å². The SMILES string of the molecule is Cc1noc(C)c1C(=O)OCC(=O)N(c1ccccc1)[C@@H]1C=CS(=O)(=O)C1. The van der Waals surface area contributed by atoms with Gasteiger partial charge in [0.2, 0.25) is 0 Å². The molecule has 0 radical (unpaired) electrons. The van der Waals surface area contributed by atoms with E-state index >= 15 is 0 Å². The molecule has 0 saturated carbocycles. The van der Waals surface area contributed by atoms with Gasteiger partial charge in [0, 0.05) is 11.1 Å². The van der Waals surface area contributed by atoms with Gasteiger partial charge in [-0.2, -0.15) is 0 Å². The van der Waals surface area contributed by atoms with Gasteiger partial charge in [-0.25, -0.2) is 13.2 Å². The molecule has 0 saturated heterocycles. The monoisotopic (exact) mass is 390 g/mol. The van der Waals surface area contributed by atoms with Crippen LogP contribution in [0.4, 0.5) is 5.69 Å². The van der Waals surface area contributed by atoms with Crippen LogP contribution in [0.2, 0.25) is 0 Å². The van der Waals surface area contributed by atoms with E-state index in [1.807, 2.05) is 0 Å². The van der Waals surface area contributed by atoms with Crippen LogP contribution in [0.5, 0.6) is 0 Å². The summed E-state index contributed by atoms with van der Waals surface area (Å²) in [6.45, 7) is 2.63. The number of ether oxygens (including phenoxy) is 1. The molecule has 0 aliphatic carbocycles. The molecule has 0 fully saturated rings. The van der Waals surface area contributed by atoms with Crippen molar-refractivity contribution >= 4 is 27.4 Å². The molecule has 0 unspecified atom stereocenters. The molecule has 0 N–H and O–H groups in total. The Bertz CT molecular complexity index is 975. The van der Waals surface area contributed by atoms with E-state index < -0.39 is 34.4 Å². The molecular weight excluding hydrogens is 372 g/mol. The molecule has 2 heterocycles. The van der Waals surface area contributed by atoms with Crippen molar-refractivity contribution in [2.45, 2.75) is 19.9 Å². The third-order valence-electron chi connectivity index (χ3n) is 4.11. The van der Waals surface area contributed by atoms with Crippen LogP contribution in [0.1, 0.15) is 21.8 Å². The van der Waals surface area contributed by atoms with E-state index in [9.17, 15) is 18.0 Å². The number of esters is 1. The average Bonchev–Trinajstić information content (AvgIpc) is 3.15. The minimum atomic E-state index is -3.36. The van der Waals surface area contributed by atoms with Crippen molar-refractivity contribution in [1.29, 1.82) is 0 Å². The number of amides is 1. The summed E-state index contributed by atoms with van der Waals surface area (Å²) in [5, 5.41) is 4.77. The van der Waals surface area contributed by atoms with Crippen molar-refractivity contribution in [3.63, 3.8) is 0 Å². The van der Waals surface area contributed by atoms with E-state index in [1.165, 1.54) is 11.0 Å². The number of aryl methyl sites for hydroxylation is 2. The number of benzene rings is 1. The highest BCUT2D eigenvalue weighted by Crippen LogP contribution is 2.23. The Morgan fingerprint density at radius 1 is 1.26 bits per heavy atom. The van der Waals surface area contributed by atoms with Gasteiger partial charge in [0.1, 0.15) is 11.3 Å². The zero-order chi connectivity index (χ0) is 19.6. The lowest BCUT2D eigenvalue weighted by Gasteiger charge is -2.27. The summed E-state index contributed by atoms with van der Waals surface area (Å²) in [6.07, 6.45) is 1.45. The van der Waals surface area contributed by atoms with Crippen molar-refractivity contribution in [1.82, 2.24) is 5.16 Å². The normalized spacial score (nSPS) is 17.6. The summed E-state index contributed by atoms with van der Waals surface area (Å²) in [6, 6.07) is 7.96. The fourth-order valence-electron chi connectivity index (χ4n) is 2.87. The summed E-state index contributed by atoms with van der Waals surface area (Å²) in [7, 11) is -3.36. The van der Waals surface area contributed by atoms with E-state index in [1.54, 1.807) is 44.2 Å². The lowest BCUT2D eigenvalue weighted by molar-refractivity contribution is -0.121. The van der Waals surface area contributed by atoms with E-state index in [4.69, 9.17) is 9.26 Å². The van der Waals surface area contributed by atoms with Gasteiger partial charge in [-0.15, -0.1) is 0 Å². The molecule has 1 amide bonds. The Balaban J connectivity index is 1.78. The van der Waals surface area contributed by atoms with Crippen molar-refractivity contribution in [3.8, 4) is 0 Å². The van der Waals surface area contributed by atoms with Crippen molar-refractivity contribution in [2.24, 2.45) is 0 Å². The highest BCUT2D eigenvalue weighted by atomic mass is 32.2. The third-order valence-corrected chi connectivity index (χ3v) is 5.49. The second kappa shape index (κ2) is 7.36. The van der Waals surface area contributed by atoms with Crippen LogP contribution in [0, 0.1) is 13.8 Å². The summed E-state index contributed by atoms with van der Waals surface area (Å²) in [4.78, 5) is 26.3. The molecule has 142 valence electrons. The smallest absolute Gasteiger partial charge is 0.344 e. The maximum Gasteiger partial charge on any atom is 0.344 e. The minimum absolute atomic E-state index is 0.178. The second-order valence-electron chi connectivity index (χ2n) is 6.10. The van der Waals surface area contributed by atoms with Crippen LogP contribution < -0.4 is 4.90 Å². The molecular formula is C18H18N2O6S. The second-order valence-corrected chi connectivity index (χ2v) is 8.03. The number of carbonyl (C=O) groups is 2. The first kappa shape index (κ1) is 18.8. The first-order valence-corrected chi connectivity index (χ1v) is 9.88. The quantitative estimate of drug-likeness (QED) is 0.716. The lowest BCUT2D eigenvalue weighted by atomic mass is 10.2. The van der Waals surface area contributed by atoms with E-state index in [0.29, 0.717) is 17.1 Å². The molecule has 1 atom stereocenters. The summed E-state index contributed by atoms with van der Waals surface area (Å²) < 4.78 is 33.6. The average molecular weight is 390 g/mol. The Kier molecular flexibility index (Phi) is 5.13. The number of aromatic nitrogens is 1. The number of para-hydroxylation sites is 1. The highest BCUT2D eigenvalue weighted by molar-refractivity contribution is 7.94. The molecule has 1 aliphatic rings. The Morgan fingerprint density at radius 2 is 1.96 bits per heavy atom. The van der Waals surface area contributed by atoms with Crippen LogP contribution in [0.3, 0.4) is 0 Å². The standard InChI is InChI=1S/C18H18N2O6S/c1-12-17(13(2)26-19-12)18(22)25-10-16(21)20(14-6-4-3-5-7-14)15-8-9-27(23,24)11-15/h3-9,15H,10-11H2,1-2H3/t15-/m1/s1. The van der Waals surface area contributed by atoms with Gasteiger partial charge in [-0.05, 0) is 32.1 Å². The highest BCUT2D eigenvalue weighted by Gasteiger charge is 2.32. The van der Waals surface area contributed by atoms with Gasteiger partial charge in [0.25, 0.3) is 5.91 Å². The Hall–Kier alpha value is -2.94. The molecule has 3 rings (SSSR count). The summed E-state index contributed by atoms with van der Waals surface area (Å²) in [5.41, 5.74) is 1.06. The predicted octanol–water partition coefficient (Wildman–Crippen LogP) is 1.79. The molecule has 9 heteroatoms. The minimum Gasteiger partial charge on any atom is -0.452 e. The van der Waals surface area contributed by atoms with Crippen molar-refractivity contribution < 1.29 is 27.3 Å². The van der Waals surface area contributed by atoms with E-state index in [2.05, 4.69) is 5.16 Å². The molecule has 1 aromatic heterocycles. The fourth-order valence-corrected chi connectivity index (χ4v) is 4.14. The molecule has 1 aliphatic heterocycles. The van der Waals surface area contributed by atoms with Gasteiger partial charge < -0.3 is 14.2 Å². The van der Waals surface area contributed by atoms with Gasteiger partial charge in [-0.1, -0.05) is 23.4 Å². The van der Waals surface area contributed by atoms with Gasteiger partial charge in [0.15, 0.2) is 16.4 Å². The maximum absolute atomic E-state index is 12.8. The molecule has 8 nitrogen and oxygen atoms in total. The number of nitrogens with zero attached hydrogens (tertiary/aromatic N) is 2. The summed E-state index contributed by atoms with van der Waals surface area (Å²) >= 11 is 0. The first-order valence-electron chi connectivity index (χ1n) is 8.16. The largest absolute Gasteiger partial charge is 0.452 e. The van der Waals surface area contributed by atoms with E-state index in [-0.39, 0.29) is 11.3 Å².